The second kappa shape index (κ2) is 6.76. The molecule has 2 N–H and O–H groups in total. The monoisotopic (exact) mass is 251 g/mol. The van der Waals surface area contributed by atoms with E-state index in [0.717, 1.165) is 12.3 Å². The number of aliphatic hydroxyl groups is 1. The highest BCUT2D eigenvalue weighted by molar-refractivity contribution is 5.31. The molecule has 0 radical (unpaired) electrons. The van der Waals surface area contributed by atoms with E-state index in [1.165, 1.54) is 5.56 Å². The van der Waals surface area contributed by atoms with Gasteiger partial charge in [0.25, 0.3) is 0 Å². The van der Waals surface area contributed by atoms with Crippen molar-refractivity contribution in [2.24, 2.45) is 0 Å². The predicted octanol–water partition coefficient (Wildman–Crippen LogP) is 2.33. The summed E-state index contributed by atoms with van der Waals surface area (Å²) in [6.45, 7) is 10.3. The molecule has 0 amide bonds. The highest BCUT2D eigenvalue weighted by atomic mass is 16.5. The number of likely N-dealkylation sites (N-methyl/N-ethyl adjacent to an activating group) is 1. The lowest BCUT2D eigenvalue weighted by Gasteiger charge is -2.19. The Balaban J connectivity index is 2.44. The van der Waals surface area contributed by atoms with Crippen molar-refractivity contribution in [2.45, 2.75) is 39.2 Å². The molecule has 3 heteroatoms. The lowest BCUT2D eigenvalue weighted by molar-refractivity contribution is 0.107. The Morgan fingerprint density at radius 1 is 1.22 bits per heavy atom. The first kappa shape index (κ1) is 15.0. The Bertz CT molecular complexity index is 341. The number of nitrogens with one attached hydrogen (secondary N) is 1. The van der Waals surface area contributed by atoms with E-state index in [2.05, 4.69) is 38.2 Å². The summed E-state index contributed by atoms with van der Waals surface area (Å²) in [5.41, 5.74) is 1.44. The van der Waals surface area contributed by atoms with Crippen molar-refractivity contribution < 1.29 is 9.84 Å². The van der Waals surface area contributed by atoms with Crippen molar-refractivity contribution in [1.82, 2.24) is 5.32 Å². The minimum atomic E-state index is -0.466. The zero-order valence-electron chi connectivity index (χ0n) is 11.9. The lowest BCUT2D eigenvalue weighted by Crippen LogP contribution is -2.31. The molecule has 0 fully saturated rings. The van der Waals surface area contributed by atoms with Gasteiger partial charge in [-0.3, -0.25) is 0 Å². The van der Waals surface area contributed by atoms with Gasteiger partial charge in [0.2, 0.25) is 0 Å². The van der Waals surface area contributed by atoms with Gasteiger partial charge in [-0.2, -0.15) is 0 Å². The zero-order chi connectivity index (χ0) is 13.6. The van der Waals surface area contributed by atoms with Crippen LogP contribution in [0, 0.1) is 0 Å². The van der Waals surface area contributed by atoms with Crippen LogP contribution in [0.5, 0.6) is 5.75 Å². The molecule has 0 aliphatic heterocycles. The fourth-order valence-electron chi connectivity index (χ4n) is 1.61. The Morgan fingerprint density at radius 2 is 1.83 bits per heavy atom. The van der Waals surface area contributed by atoms with Gasteiger partial charge in [0.15, 0.2) is 0 Å². The molecule has 0 spiro atoms. The summed E-state index contributed by atoms with van der Waals surface area (Å²) in [6.07, 6.45) is -0.466. The number of hydrogen-bond acceptors (Lipinski definition) is 3. The molecule has 1 aromatic carbocycles. The second-order valence-corrected chi connectivity index (χ2v) is 5.55. The van der Waals surface area contributed by atoms with Gasteiger partial charge >= 0.3 is 0 Å². The molecule has 1 atom stereocenters. The standard InChI is InChI=1S/C15H25NO2/c1-5-16-10-13(17)11-18-14-8-6-12(7-9-14)15(2,3)4/h6-9,13,16-17H,5,10-11H2,1-4H3. The van der Waals surface area contributed by atoms with Gasteiger partial charge in [0.1, 0.15) is 18.5 Å². The predicted molar refractivity (Wildman–Crippen MR) is 75.2 cm³/mol. The normalized spacial score (nSPS) is 13.4. The number of hydrogen-bond donors (Lipinski definition) is 2. The van der Waals surface area contributed by atoms with E-state index in [-0.39, 0.29) is 5.41 Å². The molecule has 102 valence electrons. The molecule has 0 heterocycles. The van der Waals surface area contributed by atoms with Crippen molar-refractivity contribution in [1.29, 1.82) is 0 Å². The summed E-state index contributed by atoms with van der Waals surface area (Å²) in [7, 11) is 0. The summed E-state index contributed by atoms with van der Waals surface area (Å²) in [5.74, 6) is 0.804. The van der Waals surface area contributed by atoms with E-state index < -0.39 is 6.10 Å². The first-order chi connectivity index (χ1) is 8.43. The topological polar surface area (TPSA) is 41.5 Å². The van der Waals surface area contributed by atoms with Crippen LogP contribution in [-0.4, -0.2) is 30.9 Å². The smallest absolute Gasteiger partial charge is 0.119 e. The first-order valence-corrected chi connectivity index (χ1v) is 6.55. The van der Waals surface area contributed by atoms with Crippen LogP contribution in [0.4, 0.5) is 0 Å². The molecule has 1 aromatic rings. The largest absolute Gasteiger partial charge is 0.491 e. The maximum Gasteiger partial charge on any atom is 0.119 e. The summed E-state index contributed by atoms with van der Waals surface area (Å²) in [4.78, 5) is 0. The van der Waals surface area contributed by atoms with Gasteiger partial charge in [0.05, 0.1) is 0 Å². The van der Waals surface area contributed by atoms with Crippen LogP contribution in [0.15, 0.2) is 24.3 Å². The molecule has 1 rings (SSSR count). The van der Waals surface area contributed by atoms with Crippen molar-refractivity contribution in [3.63, 3.8) is 0 Å². The van der Waals surface area contributed by atoms with E-state index in [1.54, 1.807) is 0 Å². The third-order valence-corrected chi connectivity index (χ3v) is 2.79. The lowest BCUT2D eigenvalue weighted by atomic mass is 9.87. The van der Waals surface area contributed by atoms with Crippen LogP contribution in [0.1, 0.15) is 33.3 Å². The minimum absolute atomic E-state index is 0.156. The average molecular weight is 251 g/mol. The Kier molecular flexibility index (Phi) is 5.63. The van der Waals surface area contributed by atoms with Gasteiger partial charge < -0.3 is 15.2 Å². The maximum atomic E-state index is 9.64. The Morgan fingerprint density at radius 3 is 2.33 bits per heavy atom. The van der Waals surface area contributed by atoms with E-state index in [1.807, 2.05) is 19.1 Å². The van der Waals surface area contributed by atoms with Crippen LogP contribution in [0.25, 0.3) is 0 Å². The van der Waals surface area contributed by atoms with Gasteiger partial charge in [-0.1, -0.05) is 39.8 Å². The number of benzene rings is 1. The molecule has 0 aromatic heterocycles. The van der Waals surface area contributed by atoms with Crippen LogP contribution in [-0.2, 0) is 5.41 Å². The molecule has 0 aliphatic rings. The van der Waals surface area contributed by atoms with E-state index in [9.17, 15) is 5.11 Å². The van der Waals surface area contributed by atoms with Crippen LogP contribution >= 0.6 is 0 Å². The molecule has 18 heavy (non-hydrogen) atoms. The third-order valence-electron chi connectivity index (χ3n) is 2.79. The van der Waals surface area contributed by atoms with Gasteiger partial charge in [-0.05, 0) is 29.7 Å². The van der Waals surface area contributed by atoms with Crippen LogP contribution in [0.3, 0.4) is 0 Å². The number of ether oxygens (including phenoxy) is 1. The van der Waals surface area contributed by atoms with Crippen LogP contribution in [0.2, 0.25) is 0 Å². The SMILES string of the molecule is CCNCC(O)COc1ccc(C(C)(C)C)cc1. The van der Waals surface area contributed by atoms with Gasteiger partial charge in [-0.15, -0.1) is 0 Å². The molecule has 3 nitrogen and oxygen atoms in total. The summed E-state index contributed by atoms with van der Waals surface area (Å²) < 4.78 is 5.54. The second-order valence-electron chi connectivity index (χ2n) is 5.55. The van der Waals surface area contributed by atoms with Crippen LogP contribution < -0.4 is 10.1 Å². The molecular formula is C15H25NO2. The summed E-state index contributed by atoms with van der Waals surface area (Å²) in [5, 5.41) is 12.7. The maximum absolute atomic E-state index is 9.64. The summed E-state index contributed by atoms with van der Waals surface area (Å²) >= 11 is 0. The van der Waals surface area contributed by atoms with Gasteiger partial charge in [-0.25, -0.2) is 0 Å². The highest BCUT2D eigenvalue weighted by Crippen LogP contribution is 2.24. The average Bonchev–Trinajstić information content (AvgIpc) is 2.33. The molecule has 1 unspecified atom stereocenters. The van der Waals surface area contributed by atoms with E-state index >= 15 is 0 Å². The number of aliphatic hydroxyl groups excluding tert-OH is 1. The fraction of sp³-hybridized carbons (Fsp3) is 0.600. The molecule has 0 bridgehead atoms. The quantitative estimate of drug-likeness (QED) is 0.815. The molecule has 0 saturated heterocycles. The minimum Gasteiger partial charge on any atom is -0.491 e. The van der Waals surface area contributed by atoms with E-state index in [0.29, 0.717) is 13.2 Å². The highest BCUT2D eigenvalue weighted by Gasteiger charge is 2.13. The van der Waals surface area contributed by atoms with Crippen molar-refractivity contribution in [2.75, 3.05) is 19.7 Å². The first-order valence-electron chi connectivity index (χ1n) is 6.55. The molecule has 0 aliphatic carbocycles. The van der Waals surface area contributed by atoms with Crippen molar-refractivity contribution in [3.8, 4) is 5.75 Å². The van der Waals surface area contributed by atoms with Crippen molar-refractivity contribution >= 4 is 0 Å². The zero-order valence-corrected chi connectivity index (χ0v) is 11.9. The number of rotatable bonds is 6. The third kappa shape index (κ3) is 5.07. The summed E-state index contributed by atoms with van der Waals surface area (Å²) in [6, 6.07) is 8.07. The molecular weight excluding hydrogens is 226 g/mol. The Hall–Kier alpha value is -1.06. The van der Waals surface area contributed by atoms with E-state index in [4.69, 9.17) is 4.74 Å². The molecule has 0 saturated carbocycles. The van der Waals surface area contributed by atoms with Crippen molar-refractivity contribution in [3.05, 3.63) is 29.8 Å². The fourth-order valence-corrected chi connectivity index (χ4v) is 1.61. The Labute approximate surface area is 110 Å². The van der Waals surface area contributed by atoms with Gasteiger partial charge in [0, 0.05) is 6.54 Å².